The molecule has 0 amide bonds. The first kappa shape index (κ1) is 24.5. The predicted octanol–water partition coefficient (Wildman–Crippen LogP) is 6.31. The normalized spacial score (nSPS) is 17.2. The largest absolute Gasteiger partial charge is 0.491 e. The lowest BCUT2D eigenvalue weighted by Gasteiger charge is -2.26. The number of furan rings is 1. The molecular weight excluding hydrogens is 486 g/mol. The van der Waals surface area contributed by atoms with Crippen LogP contribution in [0.2, 0.25) is 0 Å². The molecule has 4 aromatic rings. The van der Waals surface area contributed by atoms with Crippen molar-refractivity contribution in [2.45, 2.75) is 39.0 Å². The lowest BCUT2D eigenvalue weighted by atomic mass is 10.0. The Labute approximate surface area is 220 Å². The molecule has 0 aliphatic carbocycles. The van der Waals surface area contributed by atoms with Gasteiger partial charge in [-0.1, -0.05) is 12.1 Å². The third-order valence-electron chi connectivity index (χ3n) is 6.24. The number of pyridine rings is 1. The van der Waals surface area contributed by atoms with Crippen LogP contribution in [0.4, 0.5) is 5.69 Å². The molecule has 1 fully saturated rings. The van der Waals surface area contributed by atoms with Gasteiger partial charge in [0.25, 0.3) is 0 Å². The molecule has 2 unspecified atom stereocenters. The quantitative estimate of drug-likeness (QED) is 0.278. The average Bonchev–Trinajstić information content (AvgIpc) is 3.49. The van der Waals surface area contributed by atoms with E-state index >= 15 is 0 Å². The van der Waals surface area contributed by atoms with Crippen LogP contribution >= 0.6 is 12.2 Å². The Kier molecular flexibility index (Phi) is 6.67. The van der Waals surface area contributed by atoms with E-state index in [0.717, 1.165) is 28.3 Å². The highest BCUT2D eigenvalue weighted by atomic mass is 32.1. The summed E-state index contributed by atoms with van der Waals surface area (Å²) in [5.74, 6) is 1.19. The number of nitrogens with one attached hydrogen (secondary N) is 1. The number of aromatic carboxylic acids is 1. The number of anilines is 1. The van der Waals surface area contributed by atoms with Crippen LogP contribution in [0.25, 0.3) is 11.3 Å². The summed E-state index contributed by atoms with van der Waals surface area (Å²) in [6, 6.07) is 22.0. The van der Waals surface area contributed by atoms with Crippen molar-refractivity contribution in [1.82, 2.24) is 10.3 Å². The van der Waals surface area contributed by atoms with Crippen LogP contribution in [0.1, 0.15) is 53.3 Å². The molecular formula is C29H27N3O4S. The predicted molar refractivity (Wildman–Crippen MR) is 146 cm³/mol. The number of hydrogen-bond donors (Lipinski definition) is 2. The van der Waals surface area contributed by atoms with Crippen LogP contribution in [-0.2, 0) is 0 Å². The molecule has 7 nitrogen and oxygen atoms in total. The average molecular weight is 514 g/mol. The van der Waals surface area contributed by atoms with Crippen LogP contribution in [0.15, 0.2) is 83.4 Å². The number of carboxylic acids is 1. The number of rotatable bonds is 7. The molecule has 1 aliphatic heterocycles. The first-order valence-corrected chi connectivity index (χ1v) is 12.4. The Morgan fingerprint density at radius 1 is 1.11 bits per heavy atom. The molecule has 8 heteroatoms. The summed E-state index contributed by atoms with van der Waals surface area (Å²) in [6.45, 7) is 5.86. The van der Waals surface area contributed by atoms with E-state index in [2.05, 4.69) is 10.3 Å². The first-order chi connectivity index (χ1) is 17.8. The number of hydrogen-bond acceptors (Lipinski definition) is 5. The number of nitrogens with zero attached hydrogens (tertiary/aromatic N) is 2. The standard InChI is InChI=1S/C29H27N3O4S/c1-17(2)35-21-10-8-20(9-11-21)32-27(26(31-29(32)37)23-6-4-5-15-30-23)25-14-13-24(36-25)22-12-7-19(28(33)34)16-18(22)3/h4-17,26-27H,1-3H3,(H,31,37)(H,33,34). The summed E-state index contributed by atoms with van der Waals surface area (Å²) in [5.41, 5.74) is 3.64. The first-order valence-electron chi connectivity index (χ1n) is 12.0. The van der Waals surface area contributed by atoms with Crippen LogP contribution in [0, 0.1) is 6.92 Å². The van der Waals surface area contributed by atoms with Gasteiger partial charge in [0.15, 0.2) is 5.11 Å². The Morgan fingerprint density at radius 3 is 2.54 bits per heavy atom. The van der Waals surface area contributed by atoms with E-state index in [0.29, 0.717) is 16.6 Å². The second-order valence-electron chi connectivity index (χ2n) is 9.19. The maximum Gasteiger partial charge on any atom is 0.335 e. The fourth-order valence-electron chi connectivity index (χ4n) is 4.61. The molecule has 2 N–H and O–H groups in total. The van der Waals surface area contributed by atoms with Gasteiger partial charge in [0, 0.05) is 17.4 Å². The van der Waals surface area contributed by atoms with Crippen molar-refractivity contribution in [3.63, 3.8) is 0 Å². The molecule has 2 atom stereocenters. The number of thiocarbonyl (C=S) groups is 1. The second-order valence-corrected chi connectivity index (χ2v) is 9.58. The SMILES string of the molecule is Cc1cc(C(=O)O)ccc1-c1ccc(C2C(c3ccccn3)NC(=S)N2c2ccc(OC(C)C)cc2)o1. The lowest BCUT2D eigenvalue weighted by Crippen LogP contribution is -2.29. The zero-order valence-electron chi connectivity index (χ0n) is 20.7. The van der Waals surface area contributed by atoms with E-state index in [1.54, 1.807) is 24.4 Å². The van der Waals surface area contributed by atoms with Gasteiger partial charge in [0.05, 0.1) is 23.4 Å². The van der Waals surface area contributed by atoms with Crippen molar-refractivity contribution in [2.75, 3.05) is 4.90 Å². The summed E-state index contributed by atoms with van der Waals surface area (Å²) in [7, 11) is 0. The van der Waals surface area contributed by atoms with E-state index in [4.69, 9.17) is 21.4 Å². The van der Waals surface area contributed by atoms with Crippen molar-refractivity contribution in [3.8, 4) is 17.1 Å². The van der Waals surface area contributed by atoms with Gasteiger partial charge in [-0.05, 0) is 99.2 Å². The highest BCUT2D eigenvalue weighted by Crippen LogP contribution is 2.43. The van der Waals surface area contributed by atoms with Gasteiger partial charge >= 0.3 is 5.97 Å². The number of carboxylic acid groups (broad SMARTS) is 1. The zero-order chi connectivity index (χ0) is 26.1. The molecule has 0 bridgehead atoms. The summed E-state index contributed by atoms with van der Waals surface area (Å²) in [5, 5.41) is 13.3. The van der Waals surface area contributed by atoms with Crippen LogP contribution in [-0.4, -0.2) is 27.3 Å². The number of aryl methyl sites for hydroxylation is 1. The van der Waals surface area contributed by atoms with Gasteiger partial charge in [-0.3, -0.25) is 4.98 Å². The van der Waals surface area contributed by atoms with Crippen LogP contribution < -0.4 is 15.0 Å². The van der Waals surface area contributed by atoms with Gasteiger partial charge in [0.1, 0.15) is 23.3 Å². The highest BCUT2D eigenvalue weighted by molar-refractivity contribution is 7.80. The Bertz CT molecular complexity index is 1430. The molecule has 0 saturated carbocycles. The van der Waals surface area contributed by atoms with Crippen molar-refractivity contribution in [2.24, 2.45) is 0 Å². The number of ether oxygens (including phenoxy) is 1. The summed E-state index contributed by atoms with van der Waals surface area (Å²) in [4.78, 5) is 18.0. The van der Waals surface area contributed by atoms with Crippen LogP contribution in [0.5, 0.6) is 5.75 Å². The molecule has 5 rings (SSSR count). The third-order valence-corrected chi connectivity index (χ3v) is 6.56. The Balaban J connectivity index is 1.55. The molecule has 1 saturated heterocycles. The van der Waals surface area contributed by atoms with Crippen molar-refractivity contribution < 1.29 is 19.1 Å². The maximum absolute atomic E-state index is 11.4. The third kappa shape index (κ3) is 4.93. The number of carbonyl (C=O) groups is 1. The van der Waals surface area contributed by atoms with Crippen LogP contribution in [0.3, 0.4) is 0 Å². The minimum Gasteiger partial charge on any atom is -0.491 e. The fourth-order valence-corrected chi connectivity index (χ4v) is 4.96. The summed E-state index contributed by atoms with van der Waals surface area (Å²) < 4.78 is 12.2. The van der Waals surface area contributed by atoms with Gasteiger partial charge in [-0.15, -0.1) is 0 Å². The maximum atomic E-state index is 11.4. The van der Waals surface area contributed by atoms with E-state index in [1.165, 1.54) is 0 Å². The van der Waals surface area contributed by atoms with E-state index < -0.39 is 5.97 Å². The van der Waals surface area contributed by atoms with Gasteiger partial charge in [0.2, 0.25) is 0 Å². The number of benzene rings is 2. The van der Waals surface area contributed by atoms with Crippen molar-refractivity contribution in [1.29, 1.82) is 0 Å². The summed E-state index contributed by atoms with van der Waals surface area (Å²) >= 11 is 5.80. The van der Waals surface area contributed by atoms with Gasteiger partial charge < -0.3 is 24.5 Å². The minimum atomic E-state index is -0.959. The molecule has 3 heterocycles. The van der Waals surface area contributed by atoms with Gasteiger partial charge in [-0.25, -0.2) is 4.79 Å². The fraction of sp³-hybridized carbons (Fsp3) is 0.207. The molecule has 1 aliphatic rings. The topological polar surface area (TPSA) is 87.8 Å². The molecule has 0 spiro atoms. The zero-order valence-corrected chi connectivity index (χ0v) is 21.5. The van der Waals surface area contributed by atoms with Gasteiger partial charge in [-0.2, -0.15) is 0 Å². The Morgan fingerprint density at radius 2 is 1.89 bits per heavy atom. The van der Waals surface area contributed by atoms with E-state index in [1.807, 2.05) is 80.3 Å². The minimum absolute atomic E-state index is 0.0798. The Hall–Kier alpha value is -4.17. The second kappa shape index (κ2) is 10.1. The van der Waals surface area contributed by atoms with Crippen molar-refractivity contribution >= 4 is 29.0 Å². The number of aromatic nitrogens is 1. The smallest absolute Gasteiger partial charge is 0.335 e. The molecule has 2 aromatic heterocycles. The van der Waals surface area contributed by atoms with Crippen molar-refractivity contribution in [3.05, 3.63) is 102 Å². The molecule has 2 aromatic carbocycles. The monoisotopic (exact) mass is 513 g/mol. The molecule has 37 heavy (non-hydrogen) atoms. The van der Waals surface area contributed by atoms with E-state index in [-0.39, 0.29) is 23.8 Å². The molecule has 0 radical (unpaired) electrons. The van der Waals surface area contributed by atoms with E-state index in [9.17, 15) is 9.90 Å². The summed E-state index contributed by atoms with van der Waals surface area (Å²) in [6.07, 6.45) is 1.84. The molecule has 188 valence electrons. The highest BCUT2D eigenvalue weighted by Gasteiger charge is 2.42. The lowest BCUT2D eigenvalue weighted by molar-refractivity contribution is 0.0696.